The Hall–Kier alpha value is -2.84. The second kappa shape index (κ2) is 8.14. The van der Waals surface area contributed by atoms with E-state index in [1.54, 1.807) is 42.5 Å². The molecule has 2 aromatic rings. The standard InChI is InChI=1S/C18H16ClN3O2/c1-12-4-2-6-14(8-12)18(24)21-11-17(23)22-16(10-20)13-5-3-7-15(19)9-13/h2-9,16H,11H2,1H3,(H,21,24)(H,22,23). The predicted molar refractivity (Wildman–Crippen MR) is 91.5 cm³/mol. The number of hydrogen-bond acceptors (Lipinski definition) is 3. The van der Waals surface area contributed by atoms with Crippen molar-refractivity contribution in [3.8, 4) is 6.07 Å². The van der Waals surface area contributed by atoms with Crippen LogP contribution in [0.25, 0.3) is 0 Å². The van der Waals surface area contributed by atoms with Crippen LogP contribution in [0.2, 0.25) is 5.02 Å². The Bertz CT molecular complexity index is 799. The third-order valence-electron chi connectivity index (χ3n) is 3.31. The number of aryl methyl sites for hydroxylation is 1. The lowest BCUT2D eigenvalue weighted by atomic mass is 10.1. The first-order valence-electron chi connectivity index (χ1n) is 7.29. The maximum absolute atomic E-state index is 12.0. The van der Waals surface area contributed by atoms with E-state index in [4.69, 9.17) is 11.6 Å². The van der Waals surface area contributed by atoms with Crippen molar-refractivity contribution in [3.63, 3.8) is 0 Å². The van der Waals surface area contributed by atoms with Gasteiger partial charge in [-0.2, -0.15) is 5.26 Å². The molecule has 0 aliphatic rings. The molecule has 24 heavy (non-hydrogen) atoms. The van der Waals surface area contributed by atoms with Gasteiger partial charge >= 0.3 is 0 Å². The molecule has 0 aliphatic heterocycles. The summed E-state index contributed by atoms with van der Waals surface area (Å²) in [7, 11) is 0. The Morgan fingerprint density at radius 3 is 2.62 bits per heavy atom. The molecular formula is C18H16ClN3O2. The molecule has 5 nitrogen and oxygen atoms in total. The molecule has 6 heteroatoms. The molecule has 0 fully saturated rings. The Kier molecular flexibility index (Phi) is 5.94. The van der Waals surface area contributed by atoms with Crippen LogP contribution in [0.3, 0.4) is 0 Å². The van der Waals surface area contributed by atoms with Crippen LogP contribution in [0, 0.1) is 18.3 Å². The third kappa shape index (κ3) is 4.83. The monoisotopic (exact) mass is 341 g/mol. The van der Waals surface area contributed by atoms with Crippen molar-refractivity contribution in [1.29, 1.82) is 5.26 Å². The van der Waals surface area contributed by atoms with Gasteiger partial charge in [0.25, 0.3) is 5.91 Å². The van der Waals surface area contributed by atoms with Crippen molar-refractivity contribution in [2.75, 3.05) is 6.54 Å². The minimum Gasteiger partial charge on any atom is -0.343 e. The first-order valence-corrected chi connectivity index (χ1v) is 7.66. The summed E-state index contributed by atoms with van der Waals surface area (Å²) >= 11 is 5.89. The summed E-state index contributed by atoms with van der Waals surface area (Å²) in [5, 5.41) is 14.8. The van der Waals surface area contributed by atoms with Crippen LogP contribution in [0.5, 0.6) is 0 Å². The van der Waals surface area contributed by atoms with E-state index >= 15 is 0 Å². The molecule has 0 aliphatic carbocycles. The molecule has 0 spiro atoms. The van der Waals surface area contributed by atoms with E-state index < -0.39 is 11.9 Å². The fourth-order valence-corrected chi connectivity index (χ4v) is 2.34. The van der Waals surface area contributed by atoms with Gasteiger partial charge in [-0.05, 0) is 36.8 Å². The van der Waals surface area contributed by atoms with E-state index in [9.17, 15) is 14.9 Å². The van der Waals surface area contributed by atoms with Crippen molar-refractivity contribution in [1.82, 2.24) is 10.6 Å². The van der Waals surface area contributed by atoms with E-state index in [2.05, 4.69) is 10.6 Å². The summed E-state index contributed by atoms with van der Waals surface area (Å²) in [6, 6.07) is 14.9. The topological polar surface area (TPSA) is 82.0 Å². The summed E-state index contributed by atoms with van der Waals surface area (Å²) in [5.41, 5.74) is 2.02. The number of rotatable bonds is 5. The highest BCUT2D eigenvalue weighted by Crippen LogP contribution is 2.17. The van der Waals surface area contributed by atoms with Crippen LogP contribution >= 0.6 is 11.6 Å². The lowest BCUT2D eigenvalue weighted by molar-refractivity contribution is -0.120. The number of hydrogen-bond donors (Lipinski definition) is 2. The molecule has 2 N–H and O–H groups in total. The molecular weight excluding hydrogens is 326 g/mol. The molecule has 0 aromatic heterocycles. The molecule has 0 bridgehead atoms. The summed E-state index contributed by atoms with van der Waals surface area (Å²) in [5.74, 6) is -0.798. The summed E-state index contributed by atoms with van der Waals surface area (Å²) in [4.78, 5) is 24.0. The predicted octanol–water partition coefficient (Wildman–Crippen LogP) is 2.76. The van der Waals surface area contributed by atoms with Crippen molar-refractivity contribution < 1.29 is 9.59 Å². The van der Waals surface area contributed by atoms with Crippen LogP contribution in [0.4, 0.5) is 0 Å². The van der Waals surface area contributed by atoms with E-state index in [0.717, 1.165) is 5.56 Å². The van der Waals surface area contributed by atoms with Gasteiger partial charge in [0, 0.05) is 10.6 Å². The first kappa shape index (κ1) is 17.5. The number of nitrogens with one attached hydrogen (secondary N) is 2. The molecule has 0 heterocycles. The number of benzene rings is 2. The van der Waals surface area contributed by atoms with Gasteiger partial charge in [-0.15, -0.1) is 0 Å². The highest BCUT2D eigenvalue weighted by molar-refractivity contribution is 6.30. The lowest BCUT2D eigenvalue weighted by Gasteiger charge is -2.13. The molecule has 0 saturated carbocycles. The van der Waals surface area contributed by atoms with Gasteiger partial charge < -0.3 is 10.6 Å². The SMILES string of the molecule is Cc1cccc(C(=O)NCC(=O)NC(C#N)c2cccc(Cl)c2)c1. The van der Waals surface area contributed by atoms with E-state index in [1.165, 1.54) is 0 Å². The molecule has 2 aromatic carbocycles. The van der Waals surface area contributed by atoms with E-state index in [0.29, 0.717) is 16.1 Å². The largest absolute Gasteiger partial charge is 0.343 e. The van der Waals surface area contributed by atoms with Crippen LogP contribution in [0.1, 0.15) is 27.5 Å². The number of nitrogens with zero attached hydrogens (tertiary/aromatic N) is 1. The Labute approximate surface area is 145 Å². The van der Waals surface area contributed by atoms with Crippen molar-refractivity contribution in [2.24, 2.45) is 0 Å². The zero-order valence-electron chi connectivity index (χ0n) is 13.0. The van der Waals surface area contributed by atoms with Crippen LogP contribution in [-0.2, 0) is 4.79 Å². The number of amides is 2. The average molecular weight is 342 g/mol. The van der Waals surface area contributed by atoms with Gasteiger partial charge in [0.2, 0.25) is 5.91 Å². The number of nitriles is 1. The van der Waals surface area contributed by atoms with E-state index in [1.807, 2.05) is 19.1 Å². The Balaban J connectivity index is 1.93. The maximum atomic E-state index is 12.0. The highest BCUT2D eigenvalue weighted by atomic mass is 35.5. The van der Waals surface area contributed by atoms with Gasteiger partial charge in [0.05, 0.1) is 12.6 Å². The van der Waals surface area contributed by atoms with Crippen LogP contribution in [-0.4, -0.2) is 18.4 Å². The van der Waals surface area contributed by atoms with Crippen molar-refractivity contribution in [2.45, 2.75) is 13.0 Å². The molecule has 0 radical (unpaired) electrons. The minimum absolute atomic E-state index is 0.217. The zero-order chi connectivity index (χ0) is 17.5. The number of carbonyl (C=O) groups is 2. The second-order valence-corrected chi connectivity index (χ2v) is 5.67. The maximum Gasteiger partial charge on any atom is 0.251 e. The average Bonchev–Trinajstić information content (AvgIpc) is 2.57. The van der Waals surface area contributed by atoms with Gasteiger partial charge in [-0.3, -0.25) is 9.59 Å². The number of halogens is 1. The molecule has 2 amide bonds. The normalized spacial score (nSPS) is 11.2. The van der Waals surface area contributed by atoms with Crippen molar-refractivity contribution in [3.05, 3.63) is 70.2 Å². The fourth-order valence-electron chi connectivity index (χ4n) is 2.14. The highest BCUT2D eigenvalue weighted by Gasteiger charge is 2.15. The smallest absolute Gasteiger partial charge is 0.251 e. The molecule has 122 valence electrons. The summed E-state index contributed by atoms with van der Waals surface area (Å²) < 4.78 is 0. The Morgan fingerprint density at radius 2 is 1.96 bits per heavy atom. The lowest BCUT2D eigenvalue weighted by Crippen LogP contribution is -2.38. The van der Waals surface area contributed by atoms with Crippen LogP contribution in [0.15, 0.2) is 48.5 Å². The zero-order valence-corrected chi connectivity index (χ0v) is 13.8. The Morgan fingerprint density at radius 1 is 1.21 bits per heavy atom. The minimum atomic E-state index is -0.827. The van der Waals surface area contributed by atoms with Gasteiger partial charge in [-0.1, -0.05) is 41.4 Å². The first-order chi connectivity index (χ1) is 11.5. The van der Waals surface area contributed by atoms with E-state index in [-0.39, 0.29) is 12.5 Å². The van der Waals surface area contributed by atoms with Crippen molar-refractivity contribution >= 4 is 23.4 Å². The quantitative estimate of drug-likeness (QED) is 0.877. The third-order valence-corrected chi connectivity index (χ3v) is 3.54. The van der Waals surface area contributed by atoms with Gasteiger partial charge in [0.15, 0.2) is 0 Å². The second-order valence-electron chi connectivity index (χ2n) is 5.24. The van der Waals surface area contributed by atoms with Gasteiger partial charge in [0.1, 0.15) is 6.04 Å². The summed E-state index contributed by atoms with van der Waals surface area (Å²) in [6.45, 7) is 1.66. The molecule has 1 unspecified atom stereocenters. The fraction of sp³-hybridized carbons (Fsp3) is 0.167. The molecule has 1 atom stereocenters. The summed E-state index contributed by atoms with van der Waals surface area (Å²) in [6.07, 6.45) is 0. The molecule has 0 saturated heterocycles. The van der Waals surface area contributed by atoms with Gasteiger partial charge in [-0.25, -0.2) is 0 Å². The van der Waals surface area contributed by atoms with Crippen LogP contribution < -0.4 is 10.6 Å². The molecule has 2 rings (SSSR count). The number of carbonyl (C=O) groups excluding carboxylic acids is 2.